The lowest BCUT2D eigenvalue weighted by molar-refractivity contribution is -0.432. The Balaban J connectivity index is 0.000000450. The summed E-state index contributed by atoms with van der Waals surface area (Å²) in [4.78, 5) is 69.6. The Morgan fingerprint density at radius 1 is 0.828 bits per heavy atom. The molecule has 0 aliphatic carbocycles. The number of carbonyl (C=O) groups is 4. The third-order valence-electron chi connectivity index (χ3n) is 9.03. The number of urea groups is 2. The van der Waals surface area contributed by atoms with Crippen LogP contribution in [0, 0.1) is 0 Å². The van der Waals surface area contributed by atoms with Crippen LogP contribution < -0.4 is 11.0 Å². The van der Waals surface area contributed by atoms with Gasteiger partial charge in [0, 0.05) is 31.4 Å². The normalized spacial score (nSPS) is 20.6. The van der Waals surface area contributed by atoms with Crippen LogP contribution in [0.1, 0.15) is 86.1 Å². The van der Waals surface area contributed by atoms with Gasteiger partial charge < -0.3 is 19.3 Å². The zero-order valence-electron chi connectivity index (χ0n) is 33.4. The van der Waals surface area contributed by atoms with Gasteiger partial charge >= 0.3 is 12.1 Å². The first kappa shape index (κ1) is 52.7. The summed E-state index contributed by atoms with van der Waals surface area (Å²) in [7, 11) is -5.03. The van der Waals surface area contributed by atoms with Gasteiger partial charge in [-0.25, -0.2) is 34.2 Å². The number of hydroxylamine groups is 6. The number of fused-ring (bicyclic) bond motifs is 4. The molecule has 4 saturated heterocycles. The van der Waals surface area contributed by atoms with Crippen molar-refractivity contribution in [2.45, 2.75) is 111 Å². The second-order valence-electron chi connectivity index (χ2n) is 12.8. The molecule has 4 aliphatic heterocycles. The summed E-state index contributed by atoms with van der Waals surface area (Å²) in [5, 5.41) is 12.4. The topological polar surface area (TPSA) is 241 Å². The maximum Gasteiger partial charge on any atom is 0.346 e. The van der Waals surface area contributed by atoms with Gasteiger partial charge in [0.25, 0.3) is 11.8 Å². The molecule has 6 amide bonds. The molecular formula is C35H62N7O14S2-. The first-order valence-electron chi connectivity index (χ1n) is 18.9. The zero-order chi connectivity index (χ0) is 42.4. The summed E-state index contributed by atoms with van der Waals surface area (Å²) in [6, 6.07) is 6.84. The van der Waals surface area contributed by atoms with Gasteiger partial charge in [0.2, 0.25) is 10.4 Å². The Kier molecular flexibility index (Phi) is 25.6. The number of hydrogen-bond donors (Lipinski definition) is 3. The maximum atomic E-state index is 12.6. The third-order valence-corrected chi connectivity index (χ3v) is 9.57. The first-order chi connectivity index (χ1) is 27.3. The highest BCUT2D eigenvalue weighted by Gasteiger charge is 2.49. The second kappa shape index (κ2) is 28.2. The summed E-state index contributed by atoms with van der Waals surface area (Å²) < 4.78 is 39.8. The molecule has 5 rings (SSSR count). The van der Waals surface area contributed by atoms with Crippen molar-refractivity contribution in [1.29, 1.82) is 0 Å². The van der Waals surface area contributed by atoms with Gasteiger partial charge in [-0.2, -0.15) is 14.4 Å². The van der Waals surface area contributed by atoms with Crippen LogP contribution in [0.2, 0.25) is 0 Å². The Labute approximate surface area is 346 Å². The highest BCUT2D eigenvalue weighted by Crippen LogP contribution is 2.32. The number of rotatable bonds is 18. The monoisotopic (exact) mass is 868 g/mol. The number of carbonyl (C=O) groups excluding carboxylic acids is 4. The summed E-state index contributed by atoms with van der Waals surface area (Å²) in [6.45, 7) is 15.7. The van der Waals surface area contributed by atoms with Crippen molar-refractivity contribution < 1.29 is 65.6 Å². The molecule has 1 aromatic rings. The van der Waals surface area contributed by atoms with Gasteiger partial charge in [-0.15, -0.1) is 4.33 Å². The minimum absolute atomic E-state index is 0. The van der Waals surface area contributed by atoms with Crippen molar-refractivity contribution in [2.24, 2.45) is 0 Å². The average molecular weight is 869 g/mol. The maximum absolute atomic E-state index is 12.6. The van der Waals surface area contributed by atoms with Gasteiger partial charge in [0.05, 0.1) is 25.3 Å². The zero-order valence-corrected chi connectivity index (χ0v) is 35.0. The van der Waals surface area contributed by atoms with E-state index in [1.807, 2.05) is 44.2 Å². The first-order valence-corrected chi connectivity index (χ1v) is 21.4. The molecular weight excluding hydrogens is 807 g/mol. The standard InChI is InChI=1S/C17H23N3O4.C10H17N3O7S.C6H15N.CH4O3S.CH4/c1-2-10-23-18-16(21)15-9-8-14-11-19(15)17(22)20(14)24-12-13-6-4-3-5-7-13;1-2-5-19-11-9(14)8-4-3-7-6-12(8)10(15)13(7)20-21(16,17)18;1-4-7(5-2)6-3;1-5-4-3-2;/h3-7,14-15H,2,8-12H2,1H3,(H,18,21);7-8H,2-6H2,1H3,(H,11,14)(H,16,17,18);4-6H2,1-3H3;2H,1H3;1H4/p-1/t14-,15+;7-,8+;;;/m11.../s1. The summed E-state index contributed by atoms with van der Waals surface area (Å²) in [5.41, 5.74) is 5.69. The molecule has 0 aromatic heterocycles. The molecule has 4 bridgehead atoms. The molecule has 4 atom stereocenters. The second-order valence-corrected chi connectivity index (χ2v) is 14.3. The molecule has 0 radical (unpaired) electrons. The van der Waals surface area contributed by atoms with Crippen LogP contribution in [0.4, 0.5) is 9.59 Å². The number of nitrogens with one attached hydrogen (secondary N) is 2. The number of nitrogens with zero attached hydrogens (tertiary/aromatic N) is 5. The van der Waals surface area contributed by atoms with Crippen LogP contribution in [-0.2, 0) is 54.8 Å². The molecule has 1 aromatic carbocycles. The van der Waals surface area contributed by atoms with Gasteiger partial charge in [0.15, 0.2) is 0 Å². The van der Waals surface area contributed by atoms with Gasteiger partial charge in [-0.3, -0.25) is 24.1 Å². The van der Waals surface area contributed by atoms with Crippen molar-refractivity contribution in [3.8, 4) is 0 Å². The van der Waals surface area contributed by atoms with E-state index in [2.05, 4.69) is 50.3 Å². The quantitative estimate of drug-likeness (QED) is 0.0477. The largest absolute Gasteiger partial charge is 0.724 e. The molecule has 0 spiro atoms. The SMILES string of the molecule is C.CCCONC(=O)[C@@H]1CC[C@@H]2CN1C(=O)N2OCc1ccccc1.CCCONC(=O)[C@@H]1CC[C@@H]2CN1C(=O)N2OS(=O)(=O)[O-].CCN(CC)CC.CSOOO. The van der Waals surface area contributed by atoms with Crippen molar-refractivity contribution in [1.82, 2.24) is 35.8 Å². The Morgan fingerprint density at radius 3 is 1.67 bits per heavy atom. The Hall–Kier alpha value is -3.36. The van der Waals surface area contributed by atoms with Crippen LogP contribution in [-0.4, -0.2) is 143 Å². The lowest BCUT2D eigenvalue weighted by Crippen LogP contribution is -2.49. The van der Waals surface area contributed by atoms with E-state index in [4.69, 9.17) is 19.8 Å². The molecule has 23 heteroatoms. The molecule has 4 aliphatic rings. The highest BCUT2D eigenvalue weighted by atomic mass is 32.3. The highest BCUT2D eigenvalue weighted by molar-refractivity contribution is 7.93. The number of hydrogen-bond acceptors (Lipinski definition) is 16. The predicted octanol–water partition coefficient (Wildman–Crippen LogP) is 3.62. The number of amides is 6. The molecule has 0 saturated carbocycles. The fourth-order valence-corrected chi connectivity index (χ4v) is 6.62. The van der Waals surface area contributed by atoms with E-state index in [9.17, 15) is 32.1 Å². The fraction of sp³-hybridized carbons (Fsp3) is 0.714. The molecule has 21 nitrogen and oxygen atoms in total. The van der Waals surface area contributed by atoms with Crippen LogP contribution in [0.25, 0.3) is 0 Å². The summed E-state index contributed by atoms with van der Waals surface area (Å²) in [6.07, 6.45) is 5.19. The summed E-state index contributed by atoms with van der Waals surface area (Å²) >= 11 is 0.929. The van der Waals surface area contributed by atoms with E-state index in [0.717, 1.165) is 36.9 Å². The van der Waals surface area contributed by atoms with Crippen LogP contribution in [0.5, 0.6) is 0 Å². The lowest BCUT2D eigenvalue weighted by atomic mass is 10.0. The minimum atomic E-state index is -5.03. The average Bonchev–Trinajstić information content (AvgIpc) is 3.58. The molecule has 334 valence electrons. The number of benzene rings is 1. The third kappa shape index (κ3) is 17.1. The molecule has 4 fully saturated rings. The molecule has 4 heterocycles. The van der Waals surface area contributed by atoms with E-state index in [1.165, 1.54) is 29.6 Å². The Bertz CT molecular complexity index is 1460. The van der Waals surface area contributed by atoms with Crippen LogP contribution >= 0.6 is 12.0 Å². The number of piperidine rings is 2. The molecule has 0 unspecified atom stereocenters. The molecule has 58 heavy (non-hydrogen) atoms. The summed E-state index contributed by atoms with van der Waals surface area (Å²) in [5.74, 6) is -0.748. The van der Waals surface area contributed by atoms with Gasteiger partial charge in [-0.05, 0) is 63.7 Å². The minimum Gasteiger partial charge on any atom is -0.724 e. The van der Waals surface area contributed by atoms with Gasteiger partial charge in [0.1, 0.15) is 18.7 Å². The van der Waals surface area contributed by atoms with Crippen LogP contribution in [0.3, 0.4) is 0 Å². The molecule has 3 N–H and O–H groups in total. The van der Waals surface area contributed by atoms with E-state index in [0.29, 0.717) is 50.7 Å². The van der Waals surface area contributed by atoms with Crippen LogP contribution in [0.15, 0.2) is 30.3 Å². The van der Waals surface area contributed by atoms with Crippen molar-refractivity contribution in [2.75, 3.05) is 52.2 Å². The lowest BCUT2D eigenvalue weighted by Gasteiger charge is -2.28. The predicted molar refractivity (Wildman–Crippen MR) is 211 cm³/mol. The van der Waals surface area contributed by atoms with E-state index in [-0.39, 0.29) is 32.0 Å². The fourth-order valence-electron chi connectivity index (χ4n) is 6.18. The van der Waals surface area contributed by atoms with Gasteiger partial charge in [-0.1, -0.05) is 77.4 Å². The van der Waals surface area contributed by atoms with Crippen molar-refractivity contribution in [3.05, 3.63) is 35.9 Å². The smallest absolute Gasteiger partial charge is 0.346 e. The van der Waals surface area contributed by atoms with Crippen molar-refractivity contribution in [3.63, 3.8) is 0 Å². The van der Waals surface area contributed by atoms with E-state index < -0.39 is 40.5 Å². The Morgan fingerprint density at radius 2 is 1.29 bits per heavy atom. The van der Waals surface area contributed by atoms with E-state index >= 15 is 0 Å². The van der Waals surface area contributed by atoms with E-state index in [1.54, 1.807) is 11.2 Å². The van der Waals surface area contributed by atoms with Crippen molar-refractivity contribution >= 4 is 46.3 Å².